The maximum atomic E-state index is 13.5. The highest BCUT2D eigenvalue weighted by Gasteiger charge is 2.32. The van der Waals surface area contributed by atoms with Gasteiger partial charge in [0.2, 0.25) is 10.0 Å². The summed E-state index contributed by atoms with van der Waals surface area (Å²) < 4.78 is 32.0. The van der Waals surface area contributed by atoms with E-state index in [1.807, 2.05) is 60.6 Å². The summed E-state index contributed by atoms with van der Waals surface area (Å²) in [6.07, 6.45) is 7.95. The average Bonchev–Trinajstić information content (AvgIpc) is 3.19. The van der Waals surface area contributed by atoms with Crippen LogP contribution in [0.15, 0.2) is 23.1 Å². The van der Waals surface area contributed by atoms with Crippen LogP contribution in [0.3, 0.4) is 0 Å². The van der Waals surface area contributed by atoms with Crippen molar-refractivity contribution in [3.63, 3.8) is 0 Å². The second-order valence-electron chi connectivity index (χ2n) is 13.5. The second-order valence-corrected chi connectivity index (χ2v) is 15.3. The molecule has 0 spiro atoms. The lowest BCUT2D eigenvalue weighted by Gasteiger charge is -2.30. The maximum absolute atomic E-state index is 13.5. The molecule has 0 aliphatic heterocycles. The minimum absolute atomic E-state index is 0.104. The lowest BCUT2D eigenvalue weighted by molar-refractivity contribution is 0.0691. The summed E-state index contributed by atoms with van der Waals surface area (Å²) in [5, 5.41) is 19.3. The predicted molar refractivity (Wildman–Crippen MR) is 162 cm³/mol. The van der Waals surface area contributed by atoms with Crippen molar-refractivity contribution in [1.29, 1.82) is 0 Å². The van der Waals surface area contributed by atoms with Crippen molar-refractivity contribution in [3.8, 4) is 11.3 Å². The molecule has 1 saturated carbocycles. The Morgan fingerprint density at radius 2 is 1.52 bits per heavy atom. The van der Waals surface area contributed by atoms with E-state index in [1.165, 1.54) is 19.3 Å². The molecule has 1 heterocycles. The van der Waals surface area contributed by atoms with E-state index in [0.29, 0.717) is 36.6 Å². The van der Waals surface area contributed by atoms with Gasteiger partial charge in [-0.05, 0) is 90.7 Å². The first-order valence-corrected chi connectivity index (χ1v) is 16.3. The molecule has 0 amide bonds. The molecule has 40 heavy (non-hydrogen) atoms. The van der Waals surface area contributed by atoms with Gasteiger partial charge >= 0.3 is 5.97 Å². The third kappa shape index (κ3) is 7.56. The van der Waals surface area contributed by atoms with Crippen molar-refractivity contribution < 1.29 is 23.4 Å². The van der Waals surface area contributed by atoms with Crippen LogP contribution in [0.1, 0.15) is 120 Å². The summed E-state index contributed by atoms with van der Waals surface area (Å²) in [5.41, 5.74) is 3.35. The van der Waals surface area contributed by atoms with Crippen LogP contribution >= 0.6 is 0 Å². The van der Waals surface area contributed by atoms with Crippen molar-refractivity contribution in [1.82, 2.24) is 9.29 Å². The van der Waals surface area contributed by atoms with Gasteiger partial charge in [-0.1, -0.05) is 60.8 Å². The fourth-order valence-electron chi connectivity index (χ4n) is 5.90. The molecular formula is C32H50N2O5S. The van der Waals surface area contributed by atoms with Gasteiger partial charge < -0.3 is 14.8 Å². The van der Waals surface area contributed by atoms with Crippen molar-refractivity contribution in [2.75, 3.05) is 13.2 Å². The van der Waals surface area contributed by atoms with Crippen molar-refractivity contribution >= 4 is 16.0 Å². The van der Waals surface area contributed by atoms with E-state index in [4.69, 9.17) is 5.11 Å². The molecular weight excluding hydrogens is 524 g/mol. The number of hydrogen-bond acceptors (Lipinski definition) is 4. The molecule has 3 rings (SSSR count). The quantitative estimate of drug-likeness (QED) is 0.256. The van der Waals surface area contributed by atoms with E-state index < -0.39 is 26.8 Å². The van der Waals surface area contributed by atoms with Crippen molar-refractivity contribution in [2.45, 2.75) is 122 Å². The van der Waals surface area contributed by atoms with Gasteiger partial charge in [-0.25, -0.2) is 17.9 Å². The van der Waals surface area contributed by atoms with Crippen molar-refractivity contribution in [2.24, 2.45) is 5.92 Å². The highest BCUT2D eigenvalue weighted by molar-refractivity contribution is 7.89. The molecule has 0 atom stereocenters. The van der Waals surface area contributed by atoms with Gasteiger partial charge in [-0.15, -0.1) is 0 Å². The Bertz CT molecular complexity index is 1250. The summed E-state index contributed by atoms with van der Waals surface area (Å²) in [7, 11) is -3.75. The number of benzene rings is 1. The summed E-state index contributed by atoms with van der Waals surface area (Å²) in [6, 6.07) is 5.70. The fourth-order valence-corrected chi connectivity index (χ4v) is 7.23. The van der Waals surface area contributed by atoms with E-state index in [-0.39, 0.29) is 11.5 Å². The molecule has 0 bridgehead atoms. The SMILES string of the molecule is Cc1c(S(=O)(=O)NCCCCCO)cc(-c2cc(C(C)(C)C)c(C(=O)O)c(C(C)(C)C)c2)n1CC1CCCCC1. The standard InChI is InChI=1S/C32H50N2O5S/c1-22-28(40(38,39)33-16-12-9-13-17-35)20-27(34(22)21-23-14-10-8-11-15-23)24-18-25(31(2,3)4)29(30(36)37)26(19-24)32(5,6)7/h18-20,23,33,35H,8-17,21H2,1-7H3,(H,36,37). The number of carboxylic acid groups (broad SMARTS) is 1. The first-order valence-electron chi connectivity index (χ1n) is 14.8. The average molecular weight is 575 g/mol. The molecule has 1 aliphatic rings. The number of aliphatic hydroxyl groups excluding tert-OH is 1. The van der Waals surface area contributed by atoms with E-state index in [2.05, 4.69) is 9.29 Å². The normalized spacial score (nSPS) is 15.5. The minimum Gasteiger partial charge on any atom is -0.478 e. The van der Waals surface area contributed by atoms with Gasteiger partial charge in [-0.2, -0.15) is 0 Å². The number of nitrogens with one attached hydrogen (secondary N) is 1. The van der Waals surface area contributed by atoms with E-state index in [9.17, 15) is 18.3 Å². The number of carboxylic acids is 1. The van der Waals surface area contributed by atoms with E-state index in [0.717, 1.165) is 48.2 Å². The smallest absolute Gasteiger partial charge is 0.336 e. The number of sulfonamides is 1. The van der Waals surface area contributed by atoms with Crippen LogP contribution in [0.2, 0.25) is 0 Å². The number of aromatic nitrogens is 1. The molecule has 1 aromatic heterocycles. The molecule has 1 aromatic carbocycles. The van der Waals surface area contributed by atoms with Crippen LogP contribution in [-0.2, 0) is 27.4 Å². The Morgan fingerprint density at radius 1 is 0.950 bits per heavy atom. The Labute approximate surface area is 241 Å². The Morgan fingerprint density at radius 3 is 2.02 bits per heavy atom. The molecule has 1 aliphatic carbocycles. The van der Waals surface area contributed by atoms with Crippen LogP contribution < -0.4 is 4.72 Å². The van der Waals surface area contributed by atoms with Gasteiger partial charge in [0.25, 0.3) is 0 Å². The first kappa shape index (κ1) is 32.4. The third-order valence-corrected chi connectivity index (χ3v) is 9.74. The Hall–Kier alpha value is -2.16. The summed E-state index contributed by atoms with van der Waals surface area (Å²) >= 11 is 0. The molecule has 0 radical (unpaired) electrons. The molecule has 224 valence electrons. The Kier molecular flexibility index (Phi) is 10.3. The van der Waals surface area contributed by atoms with E-state index in [1.54, 1.807) is 6.07 Å². The fraction of sp³-hybridized carbons (Fsp3) is 0.656. The predicted octanol–water partition coefficient (Wildman–Crippen LogP) is 6.78. The summed E-state index contributed by atoms with van der Waals surface area (Å²) in [5.74, 6) is -0.466. The van der Waals surface area contributed by atoms with Gasteiger partial charge in [0, 0.05) is 31.1 Å². The number of hydrogen-bond donors (Lipinski definition) is 3. The van der Waals surface area contributed by atoms with Crippen LogP contribution in [-0.4, -0.2) is 42.3 Å². The van der Waals surface area contributed by atoms with Gasteiger partial charge in [0.1, 0.15) is 4.90 Å². The van der Waals surface area contributed by atoms with Crippen LogP contribution in [0, 0.1) is 12.8 Å². The van der Waals surface area contributed by atoms with Crippen molar-refractivity contribution in [3.05, 3.63) is 40.6 Å². The summed E-state index contributed by atoms with van der Waals surface area (Å²) in [4.78, 5) is 12.8. The summed E-state index contributed by atoms with van der Waals surface area (Å²) in [6.45, 7) is 15.2. The number of nitrogens with zero attached hydrogens (tertiary/aromatic N) is 1. The second kappa shape index (κ2) is 12.8. The van der Waals surface area contributed by atoms with Gasteiger partial charge in [0.15, 0.2) is 0 Å². The van der Waals surface area contributed by atoms with Crippen LogP contribution in [0.25, 0.3) is 11.3 Å². The molecule has 0 unspecified atom stereocenters. The zero-order valence-corrected chi connectivity index (χ0v) is 26.4. The lowest BCUT2D eigenvalue weighted by Crippen LogP contribution is -2.25. The minimum atomic E-state index is -3.75. The molecule has 0 saturated heterocycles. The first-order chi connectivity index (χ1) is 18.6. The molecule has 3 N–H and O–H groups in total. The zero-order valence-electron chi connectivity index (χ0n) is 25.6. The monoisotopic (exact) mass is 574 g/mol. The van der Waals surface area contributed by atoms with Crippen LogP contribution in [0.5, 0.6) is 0 Å². The van der Waals surface area contributed by atoms with Gasteiger partial charge in [0.05, 0.1) is 5.56 Å². The number of rotatable bonds is 11. The highest BCUT2D eigenvalue weighted by atomic mass is 32.2. The maximum Gasteiger partial charge on any atom is 0.336 e. The number of aliphatic hydroxyl groups is 1. The molecule has 7 nitrogen and oxygen atoms in total. The highest BCUT2D eigenvalue weighted by Crippen LogP contribution is 2.40. The lowest BCUT2D eigenvalue weighted by atomic mass is 9.75. The number of aromatic carboxylic acids is 1. The topological polar surface area (TPSA) is 109 Å². The van der Waals surface area contributed by atoms with Gasteiger partial charge in [-0.3, -0.25) is 0 Å². The zero-order chi connectivity index (χ0) is 29.9. The number of unbranched alkanes of at least 4 members (excludes halogenated alkanes) is 2. The molecule has 1 fully saturated rings. The Balaban J connectivity index is 2.22. The van der Waals surface area contributed by atoms with Crippen LogP contribution in [0.4, 0.5) is 0 Å². The largest absolute Gasteiger partial charge is 0.478 e. The number of carbonyl (C=O) groups is 1. The third-order valence-electron chi connectivity index (χ3n) is 8.17. The van der Waals surface area contributed by atoms with E-state index >= 15 is 0 Å². The molecule has 2 aromatic rings. The molecule has 8 heteroatoms.